The maximum Gasteiger partial charge on any atom is 0.316 e. The van der Waals surface area contributed by atoms with Crippen molar-refractivity contribution in [3.63, 3.8) is 0 Å². The van der Waals surface area contributed by atoms with Gasteiger partial charge in [-0.25, -0.2) is 0 Å². The molecule has 0 aliphatic heterocycles. The third-order valence-electron chi connectivity index (χ3n) is 0.486. The Balaban J connectivity index is 0. The Labute approximate surface area is 89.9 Å². The number of halogens is 1. The van der Waals surface area contributed by atoms with Gasteiger partial charge in [-0.05, 0) is 17.5 Å². The minimum atomic E-state index is 0. The second-order valence-corrected chi connectivity index (χ2v) is 2.50. The second kappa shape index (κ2) is 6.64. The van der Waals surface area contributed by atoms with E-state index in [0.29, 0.717) is 0 Å². The van der Waals surface area contributed by atoms with Gasteiger partial charge in [0.25, 0.3) is 0 Å². The first kappa shape index (κ1) is 12.2. The molecule has 0 atom stereocenters. The monoisotopic (exact) mass is 170 g/mol. The Morgan fingerprint density at radius 2 is 2.00 bits per heavy atom. The van der Waals surface area contributed by atoms with E-state index in [0.717, 1.165) is 4.34 Å². The zero-order chi connectivity index (χ0) is 4.41. The molecule has 0 aromatic carbocycles. The van der Waals surface area contributed by atoms with Gasteiger partial charge in [0.05, 0.1) is 4.34 Å². The molecule has 1 heterocycles. The normalized spacial score (nSPS) is 6.62. The number of rotatable bonds is 0. The van der Waals surface area contributed by atoms with E-state index in [4.69, 9.17) is 11.6 Å². The van der Waals surface area contributed by atoms with E-state index in [1.807, 2.05) is 17.5 Å². The molecule has 0 aliphatic carbocycles. The topological polar surface area (TPSA) is 0 Å². The third kappa shape index (κ3) is 4.41. The van der Waals surface area contributed by atoms with Crippen LogP contribution < -0.4 is 0 Å². The molecule has 0 amide bonds. The lowest BCUT2D eigenvalue weighted by Crippen LogP contribution is -1.29. The molecule has 8 heavy (non-hydrogen) atoms. The van der Waals surface area contributed by atoms with Crippen LogP contribution in [0.25, 0.3) is 0 Å². The van der Waals surface area contributed by atoms with Gasteiger partial charge in [0, 0.05) is 0 Å². The summed E-state index contributed by atoms with van der Waals surface area (Å²) in [4.78, 5) is 0. The minimum Gasteiger partial charge on any atom is -0.132 e. The van der Waals surface area contributed by atoms with Gasteiger partial charge in [-0.2, -0.15) is 0 Å². The molecule has 4 heteroatoms. The lowest BCUT2D eigenvalue weighted by Gasteiger charge is -1.62. The SMILES string of the molecule is Clc1cccs1.[MgH2].[MgH2]. The molecule has 0 spiro atoms. The zero-order valence-electron chi connectivity index (χ0n) is 3.02. The Hall–Kier alpha value is 1.52. The number of hydrogen-bond donors (Lipinski definition) is 0. The van der Waals surface area contributed by atoms with Crippen molar-refractivity contribution in [2.75, 3.05) is 0 Å². The molecule has 0 nitrogen and oxygen atoms in total. The van der Waals surface area contributed by atoms with Crippen molar-refractivity contribution in [2.45, 2.75) is 0 Å². The summed E-state index contributed by atoms with van der Waals surface area (Å²) < 4.78 is 0.856. The first-order chi connectivity index (χ1) is 2.89. The van der Waals surface area contributed by atoms with Crippen LogP contribution in [0.1, 0.15) is 0 Å². The highest BCUT2D eigenvalue weighted by atomic mass is 35.5. The van der Waals surface area contributed by atoms with Gasteiger partial charge < -0.3 is 0 Å². The Morgan fingerprint density at radius 3 is 2.12 bits per heavy atom. The summed E-state index contributed by atoms with van der Waals surface area (Å²) >= 11 is 7.02. The van der Waals surface area contributed by atoms with Gasteiger partial charge in [0.1, 0.15) is 0 Å². The average molecular weight is 171 g/mol. The third-order valence-corrected chi connectivity index (χ3v) is 1.53. The van der Waals surface area contributed by atoms with Gasteiger partial charge in [0.2, 0.25) is 0 Å². The highest BCUT2D eigenvalue weighted by Crippen LogP contribution is 2.13. The number of hydrogen-bond acceptors (Lipinski definition) is 1. The van der Waals surface area contributed by atoms with Crippen LogP contribution in [0.3, 0.4) is 0 Å². The summed E-state index contributed by atoms with van der Waals surface area (Å²) in [6, 6.07) is 3.79. The molecule has 1 rings (SSSR count). The van der Waals surface area contributed by atoms with Gasteiger partial charge in [0.15, 0.2) is 0 Å². The summed E-state index contributed by atoms with van der Waals surface area (Å²) in [5.41, 5.74) is 0. The molecule has 0 radical (unpaired) electrons. The van der Waals surface area contributed by atoms with Gasteiger partial charge in [-0.3, -0.25) is 0 Å². The molecule has 1 aromatic heterocycles. The van der Waals surface area contributed by atoms with E-state index in [1.54, 1.807) is 11.3 Å². The quantitative estimate of drug-likeness (QED) is 0.501. The maximum atomic E-state index is 5.47. The fourth-order valence-corrected chi connectivity index (χ4v) is 0.930. The van der Waals surface area contributed by atoms with Crippen molar-refractivity contribution in [1.82, 2.24) is 0 Å². The molecule has 0 saturated carbocycles. The predicted molar refractivity (Wildman–Crippen MR) is 46.4 cm³/mol. The molecule has 40 valence electrons. The van der Waals surface area contributed by atoms with Crippen LogP contribution in [0.5, 0.6) is 0 Å². The molecule has 0 aliphatic rings. The van der Waals surface area contributed by atoms with Gasteiger partial charge >= 0.3 is 46.1 Å². The maximum absolute atomic E-state index is 5.47. The van der Waals surface area contributed by atoms with Crippen molar-refractivity contribution in [2.24, 2.45) is 0 Å². The van der Waals surface area contributed by atoms with E-state index in [9.17, 15) is 0 Å². The molecule has 0 unspecified atom stereocenters. The lowest BCUT2D eigenvalue weighted by molar-refractivity contribution is 2.02. The van der Waals surface area contributed by atoms with E-state index in [1.165, 1.54) is 0 Å². The van der Waals surface area contributed by atoms with Crippen molar-refractivity contribution in [3.05, 3.63) is 21.8 Å². The first-order valence-corrected chi connectivity index (χ1v) is 2.84. The largest absolute Gasteiger partial charge is 0.316 e. The minimum absolute atomic E-state index is 0. The summed E-state index contributed by atoms with van der Waals surface area (Å²) in [7, 11) is 0. The Kier molecular flexibility index (Phi) is 10.1. The molecule has 0 fully saturated rings. The summed E-state index contributed by atoms with van der Waals surface area (Å²) in [5, 5.41) is 1.95. The van der Waals surface area contributed by atoms with Gasteiger partial charge in [-0.1, -0.05) is 11.6 Å². The molecular formula is C4H7ClMg2S. The van der Waals surface area contributed by atoms with Gasteiger partial charge in [-0.15, -0.1) is 11.3 Å². The molecular weight excluding hydrogens is 164 g/mol. The Morgan fingerprint density at radius 1 is 1.38 bits per heavy atom. The summed E-state index contributed by atoms with van der Waals surface area (Å²) in [6.07, 6.45) is 0. The summed E-state index contributed by atoms with van der Waals surface area (Å²) in [6.45, 7) is 0. The average Bonchev–Trinajstić information content (AvgIpc) is 1.86. The highest BCUT2D eigenvalue weighted by molar-refractivity contribution is 7.14. The van der Waals surface area contributed by atoms with E-state index < -0.39 is 0 Å². The van der Waals surface area contributed by atoms with Crippen LogP contribution in [-0.4, -0.2) is 46.1 Å². The van der Waals surface area contributed by atoms with Crippen LogP contribution >= 0.6 is 22.9 Å². The van der Waals surface area contributed by atoms with Crippen molar-refractivity contribution >= 4 is 69.0 Å². The van der Waals surface area contributed by atoms with Crippen LogP contribution in [0, 0.1) is 0 Å². The van der Waals surface area contributed by atoms with Crippen LogP contribution in [-0.2, 0) is 0 Å². The van der Waals surface area contributed by atoms with E-state index in [-0.39, 0.29) is 46.1 Å². The molecule has 0 N–H and O–H groups in total. The predicted octanol–water partition coefficient (Wildman–Crippen LogP) is 0.569. The lowest BCUT2D eigenvalue weighted by atomic mass is 10.7. The van der Waals surface area contributed by atoms with Crippen molar-refractivity contribution in [3.8, 4) is 0 Å². The van der Waals surface area contributed by atoms with Crippen LogP contribution in [0.4, 0.5) is 0 Å². The number of thiophene rings is 1. The zero-order valence-corrected chi connectivity index (χ0v) is 4.59. The van der Waals surface area contributed by atoms with E-state index >= 15 is 0 Å². The van der Waals surface area contributed by atoms with E-state index in [2.05, 4.69) is 0 Å². The standard InChI is InChI=1S/C4H3ClS.2Mg.4H/c5-4-2-1-3-6-4;;;;;;/h1-3H;;;;;;. The smallest absolute Gasteiger partial charge is 0.132 e. The van der Waals surface area contributed by atoms with Crippen LogP contribution in [0.2, 0.25) is 4.34 Å². The highest BCUT2D eigenvalue weighted by Gasteiger charge is 1.77. The van der Waals surface area contributed by atoms with Crippen LogP contribution in [0.15, 0.2) is 17.5 Å². The molecule has 0 saturated heterocycles. The molecule has 1 aromatic rings. The Bertz CT molecular complexity index is 118. The summed E-state index contributed by atoms with van der Waals surface area (Å²) in [5.74, 6) is 0. The van der Waals surface area contributed by atoms with Crippen molar-refractivity contribution < 1.29 is 0 Å². The fraction of sp³-hybridized carbons (Fsp3) is 0. The van der Waals surface area contributed by atoms with Crippen molar-refractivity contribution in [1.29, 1.82) is 0 Å². The second-order valence-electron chi connectivity index (χ2n) is 0.917. The molecule has 0 bridgehead atoms. The first-order valence-electron chi connectivity index (χ1n) is 1.58. The fourth-order valence-electron chi connectivity index (χ4n) is 0.259.